The van der Waals surface area contributed by atoms with Crippen LogP contribution in [0.3, 0.4) is 0 Å². The number of hydrogen-bond donors (Lipinski definition) is 1. The molecule has 1 aromatic rings. The van der Waals surface area contributed by atoms with Crippen molar-refractivity contribution in [3.8, 4) is 0 Å². The lowest BCUT2D eigenvalue weighted by Gasteiger charge is -2.36. The van der Waals surface area contributed by atoms with Gasteiger partial charge in [-0.3, -0.25) is 4.79 Å². The molecule has 1 aliphatic rings. The summed E-state index contributed by atoms with van der Waals surface area (Å²) in [4.78, 5) is 14.2. The molecule has 2 atom stereocenters. The molecule has 1 amide bonds. The van der Waals surface area contributed by atoms with Crippen molar-refractivity contribution in [2.45, 2.75) is 45.6 Å². The van der Waals surface area contributed by atoms with Crippen LogP contribution in [0.5, 0.6) is 0 Å². The molecule has 3 heteroatoms. The van der Waals surface area contributed by atoms with E-state index in [2.05, 4.69) is 48.5 Å². The summed E-state index contributed by atoms with van der Waals surface area (Å²) in [6.07, 6.45) is 2.12. The Kier molecular flexibility index (Phi) is 5.40. The van der Waals surface area contributed by atoms with Crippen LogP contribution in [-0.2, 0) is 11.2 Å². The Morgan fingerprint density at radius 3 is 2.52 bits per heavy atom. The number of likely N-dealkylation sites (N-methyl/N-ethyl adjacent to an activating group) is 1. The molecule has 0 spiro atoms. The minimum absolute atomic E-state index is 0.0551. The average Bonchev–Trinajstić information content (AvgIpc) is 2.46. The summed E-state index contributed by atoms with van der Waals surface area (Å²) in [5, 5.41) is 3.19. The summed E-state index contributed by atoms with van der Waals surface area (Å²) in [5.74, 6) is 0.724. The van der Waals surface area contributed by atoms with E-state index in [9.17, 15) is 4.79 Å². The van der Waals surface area contributed by atoms with Gasteiger partial charge in [0.1, 0.15) is 0 Å². The lowest BCUT2D eigenvalue weighted by Crippen LogP contribution is -2.49. The number of rotatable bonds is 4. The van der Waals surface area contributed by atoms with Crippen molar-refractivity contribution in [1.82, 2.24) is 10.2 Å². The maximum Gasteiger partial charge on any atom is 0.222 e. The Labute approximate surface area is 128 Å². The number of aryl methyl sites for hydroxylation is 1. The van der Waals surface area contributed by atoms with Crippen LogP contribution in [0.4, 0.5) is 0 Å². The minimum Gasteiger partial charge on any atom is -0.352 e. The zero-order valence-corrected chi connectivity index (χ0v) is 13.7. The highest BCUT2D eigenvalue weighted by Crippen LogP contribution is 2.27. The minimum atomic E-state index is 0.0551. The van der Waals surface area contributed by atoms with E-state index >= 15 is 0 Å². The summed E-state index contributed by atoms with van der Waals surface area (Å²) in [6.45, 7) is 8.09. The number of amides is 1. The molecule has 1 aliphatic heterocycles. The topological polar surface area (TPSA) is 32.3 Å². The number of benzene rings is 1. The highest BCUT2D eigenvalue weighted by Gasteiger charge is 2.27. The second kappa shape index (κ2) is 7.08. The number of likely N-dealkylation sites (tertiary alicyclic amines) is 1. The van der Waals surface area contributed by atoms with Crippen LogP contribution in [0.2, 0.25) is 0 Å². The second-order valence-corrected chi connectivity index (χ2v) is 6.61. The normalized spacial score (nSPS) is 23.3. The van der Waals surface area contributed by atoms with Gasteiger partial charge in [0.05, 0.1) is 0 Å². The third-order valence-electron chi connectivity index (χ3n) is 4.36. The van der Waals surface area contributed by atoms with Crippen LogP contribution in [0.15, 0.2) is 24.3 Å². The molecular formula is C18H28N2O. The molecule has 0 radical (unpaired) electrons. The van der Waals surface area contributed by atoms with E-state index in [1.807, 2.05) is 13.8 Å². The Bertz CT molecular complexity index is 467. The summed E-state index contributed by atoms with van der Waals surface area (Å²) < 4.78 is 0. The third kappa shape index (κ3) is 4.31. The molecule has 1 heterocycles. The van der Waals surface area contributed by atoms with Crippen molar-refractivity contribution < 1.29 is 4.79 Å². The lowest BCUT2D eigenvalue weighted by molar-refractivity contribution is -0.125. The van der Waals surface area contributed by atoms with E-state index in [1.165, 1.54) is 11.1 Å². The molecule has 1 fully saturated rings. The molecule has 2 unspecified atom stereocenters. The molecule has 0 saturated carbocycles. The van der Waals surface area contributed by atoms with Crippen LogP contribution in [0.1, 0.15) is 44.2 Å². The van der Waals surface area contributed by atoms with Gasteiger partial charge in [-0.15, -0.1) is 0 Å². The average molecular weight is 288 g/mol. The first-order valence-corrected chi connectivity index (χ1v) is 8.07. The van der Waals surface area contributed by atoms with Crippen molar-refractivity contribution in [3.63, 3.8) is 0 Å². The van der Waals surface area contributed by atoms with Crippen molar-refractivity contribution in [2.75, 3.05) is 20.1 Å². The predicted octanol–water partition coefficient (Wildman–Crippen LogP) is 2.81. The van der Waals surface area contributed by atoms with Gasteiger partial charge in [0.25, 0.3) is 0 Å². The van der Waals surface area contributed by atoms with E-state index in [0.29, 0.717) is 5.92 Å². The first-order valence-electron chi connectivity index (χ1n) is 8.07. The summed E-state index contributed by atoms with van der Waals surface area (Å²) >= 11 is 0. The summed E-state index contributed by atoms with van der Waals surface area (Å²) in [6, 6.07) is 9.22. The quantitative estimate of drug-likeness (QED) is 0.924. The largest absolute Gasteiger partial charge is 0.352 e. The van der Waals surface area contributed by atoms with Gasteiger partial charge in [-0.1, -0.05) is 45.0 Å². The van der Waals surface area contributed by atoms with Crippen LogP contribution < -0.4 is 5.32 Å². The molecule has 0 aliphatic carbocycles. The van der Waals surface area contributed by atoms with Crippen LogP contribution >= 0.6 is 0 Å². The highest BCUT2D eigenvalue weighted by atomic mass is 16.1. The molecule has 3 nitrogen and oxygen atoms in total. The van der Waals surface area contributed by atoms with Gasteiger partial charge in [0.2, 0.25) is 5.91 Å². The highest BCUT2D eigenvalue weighted by molar-refractivity contribution is 5.78. The Morgan fingerprint density at radius 2 is 1.95 bits per heavy atom. The number of nitrogens with one attached hydrogen (secondary N) is 1. The predicted molar refractivity (Wildman–Crippen MR) is 87.4 cm³/mol. The van der Waals surface area contributed by atoms with Gasteiger partial charge in [-0.2, -0.15) is 0 Å². The standard InChI is InChI=1S/C18H28N2O/c1-5-14-6-8-15(9-7-14)16-10-17(12-20(4)11-16)19-18(21)13(2)3/h6-9,13,16-17H,5,10-12H2,1-4H3,(H,19,21). The SMILES string of the molecule is CCc1ccc(C2CC(NC(=O)C(C)C)CN(C)C2)cc1. The third-order valence-corrected chi connectivity index (χ3v) is 4.36. The van der Waals surface area contributed by atoms with Crippen molar-refractivity contribution in [1.29, 1.82) is 0 Å². The summed E-state index contributed by atoms with van der Waals surface area (Å²) in [5.41, 5.74) is 2.77. The number of hydrogen-bond acceptors (Lipinski definition) is 2. The number of nitrogens with zero attached hydrogens (tertiary/aromatic N) is 1. The number of piperidine rings is 1. The first kappa shape index (κ1) is 16.0. The van der Waals surface area contributed by atoms with E-state index < -0.39 is 0 Å². The molecule has 21 heavy (non-hydrogen) atoms. The van der Waals surface area contributed by atoms with Crippen LogP contribution in [-0.4, -0.2) is 37.0 Å². The number of carbonyl (C=O) groups is 1. The Morgan fingerprint density at radius 1 is 1.29 bits per heavy atom. The fraction of sp³-hybridized carbons (Fsp3) is 0.611. The Hall–Kier alpha value is -1.35. The van der Waals surface area contributed by atoms with Crippen molar-refractivity contribution in [2.24, 2.45) is 5.92 Å². The fourth-order valence-electron chi connectivity index (χ4n) is 3.06. The lowest BCUT2D eigenvalue weighted by atomic mass is 9.87. The van der Waals surface area contributed by atoms with Gasteiger partial charge in [-0.25, -0.2) is 0 Å². The van der Waals surface area contributed by atoms with Crippen LogP contribution in [0.25, 0.3) is 0 Å². The molecule has 1 saturated heterocycles. The van der Waals surface area contributed by atoms with Gasteiger partial charge in [0.15, 0.2) is 0 Å². The Balaban J connectivity index is 2.04. The van der Waals surface area contributed by atoms with Gasteiger partial charge in [0, 0.05) is 25.0 Å². The van der Waals surface area contributed by atoms with E-state index in [4.69, 9.17) is 0 Å². The zero-order chi connectivity index (χ0) is 15.4. The number of carbonyl (C=O) groups excluding carboxylic acids is 1. The molecule has 1 N–H and O–H groups in total. The molecule has 1 aromatic carbocycles. The van der Waals surface area contributed by atoms with Gasteiger partial charge < -0.3 is 10.2 Å². The van der Waals surface area contributed by atoms with E-state index in [1.54, 1.807) is 0 Å². The molecular weight excluding hydrogens is 260 g/mol. The van der Waals surface area contributed by atoms with Gasteiger partial charge in [-0.05, 0) is 36.9 Å². The fourth-order valence-corrected chi connectivity index (χ4v) is 3.06. The first-order chi connectivity index (χ1) is 9.99. The zero-order valence-electron chi connectivity index (χ0n) is 13.7. The monoisotopic (exact) mass is 288 g/mol. The molecule has 116 valence electrons. The molecule has 2 rings (SSSR count). The van der Waals surface area contributed by atoms with E-state index in [-0.39, 0.29) is 17.9 Å². The summed E-state index contributed by atoms with van der Waals surface area (Å²) in [7, 11) is 2.14. The van der Waals surface area contributed by atoms with E-state index in [0.717, 1.165) is 25.9 Å². The van der Waals surface area contributed by atoms with Gasteiger partial charge >= 0.3 is 0 Å². The maximum atomic E-state index is 11.9. The molecule has 0 aromatic heterocycles. The smallest absolute Gasteiger partial charge is 0.222 e. The maximum absolute atomic E-state index is 11.9. The van der Waals surface area contributed by atoms with Crippen LogP contribution in [0, 0.1) is 5.92 Å². The molecule has 0 bridgehead atoms. The van der Waals surface area contributed by atoms with Crippen molar-refractivity contribution in [3.05, 3.63) is 35.4 Å². The second-order valence-electron chi connectivity index (χ2n) is 6.61. The van der Waals surface area contributed by atoms with Crippen molar-refractivity contribution >= 4 is 5.91 Å².